The predicted molar refractivity (Wildman–Crippen MR) is 105 cm³/mol. The van der Waals surface area contributed by atoms with Gasteiger partial charge in [-0.15, -0.1) is 0 Å². The molecule has 4 aromatic heterocycles. The molecule has 2 aromatic carbocycles. The molecule has 0 N–H and O–H groups in total. The molecule has 4 heterocycles. The topological polar surface area (TPSA) is 56.0 Å². The number of fused-ring (bicyclic) bond motifs is 5. The Morgan fingerprint density at radius 2 is 1.11 bits per heavy atom. The highest BCUT2D eigenvalue weighted by atomic mass is 19.4. The molecular weight excluding hydrogens is 493 g/mol. The quantitative estimate of drug-likeness (QED) is 0.174. The lowest BCUT2D eigenvalue weighted by molar-refractivity contribution is -0.145. The van der Waals surface area contributed by atoms with Gasteiger partial charge < -0.3 is 4.40 Å². The molecule has 178 valence electrons. The van der Waals surface area contributed by atoms with Gasteiger partial charge in [-0.05, 0) is 24.3 Å². The number of nitrogens with zero attached hydrogens (tertiary/aromatic N) is 5. The van der Waals surface area contributed by atoms with Gasteiger partial charge in [0.15, 0.2) is 0 Å². The van der Waals surface area contributed by atoms with Gasteiger partial charge in [-0.25, -0.2) is 19.9 Å². The van der Waals surface area contributed by atoms with Crippen LogP contribution < -0.4 is 0 Å². The molecular formula is C21H6F9N5. The summed E-state index contributed by atoms with van der Waals surface area (Å²) in [6, 6.07) is 5.62. The third-order valence-corrected chi connectivity index (χ3v) is 5.62. The summed E-state index contributed by atoms with van der Waals surface area (Å²) >= 11 is 0. The van der Waals surface area contributed by atoms with Crippen LogP contribution in [-0.4, -0.2) is 24.3 Å². The lowest BCUT2D eigenvalue weighted by Crippen LogP contribution is -2.14. The zero-order chi connectivity index (χ0) is 25.1. The van der Waals surface area contributed by atoms with Crippen molar-refractivity contribution < 1.29 is 39.5 Å². The molecule has 0 aliphatic carbocycles. The Bertz CT molecular complexity index is 1810. The Labute approximate surface area is 186 Å². The number of alkyl halides is 9. The van der Waals surface area contributed by atoms with E-state index in [2.05, 4.69) is 19.9 Å². The second kappa shape index (κ2) is 6.37. The maximum Gasteiger partial charge on any atom is 0.451 e. The summed E-state index contributed by atoms with van der Waals surface area (Å²) in [6.07, 6.45) is -14.1. The highest BCUT2D eigenvalue weighted by molar-refractivity contribution is 6.31. The zero-order valence-corrected chi connectivity index (χ0v) is 16.6. The van der Waals surface area contributed by atoms with Gasteiger partial charge in [-0.1, -0.05) is 6.07 Å². The second-order valence-electron chi connectivity index (χ2n) is 7.69. The fourth-order valence-corrected chi connectivity index (χ4v) is 4.41. The number of benzene rings is 2. The number of pyridine rings is 1. The summed E-state index contributed by atoms with van der Waals surface area (Å²) in [7, 11) is 0. The lowest BCUT2D eigenvalue weighted by atomic mass is 9.99. The van der Waals surface area contributed by atoms with E-state index in [1.54, 1.807) is 0 Å². The van der Waals surface area contributed by atoms with Crippen LogP contribution in [0.25, 0.3) is 49.3 Å². The third kappa shape index (κ3) is 2.91. The van der Waals surface area contributed by atoms with Crippen molar-refractivity contribution in [2.75, 3.05) is 0 Å². The molecule has 0 saturated carbocycles. The molecule has 0 fully saturated rings. The van der Waals surface area contributed by atoms with E-state index in [0.717, 1.165) is 28.8 Å². The van der Waals surface area contributed by atoms with E-state index in [1.165, 1.54) is 12.1 Å². The highest BCUT2D eigenvalue weighted by Gasteiger charge is 2.42. The molecule has 14 heteroatoms. The molecule has 0 aliphatic rings. The molecule has 6 rings (SSSR count). The SMILES string of the molecule is FC(F)(F)c1nc2ccc3nc(C(F)(F)F)nc4c3c2c(n1)c1c(C(F)(F)F)c2ccccn2c41. The van der Waals surface area contributed by atoms with E-state index in [-0.39, 0.29) is 16.3 Å². The van der Waals surface area contributed by atoms with Gasteiger partial charge in [0.05, 0.1) is 33.1 Å². The lowest BCUT2D eigenvalue weighted by Gasteiger charge is -2.15. The predicted octanol–water partition coefficient (Wildman–Crippen LogP) is 6.63. The van der Waals surface area contributed by atoms with E-state index >= 15 is 0 Å². The normalized spacial score (nSPS) is 13.9. The number of halogens is 9. The van der Waals surface area contributed by atoms with Gasteiger partial charge in [-0.2, -0.15) is 39.5 Å². The number of aromatic nitrogens is 5. The molecule has 35 heavy (non-hydrogen) atoms. The number of hydrogen-bond acceptors (Lipinski definition) is 4. The molecule has 0 saturated heterocycles. The first kappa shape index (κ1) is 21.6. The largest absolute Gasteiger partial charge is 0.451 e. The van der Waals surface area contributed by atoms with Crippen molar-refractivity contribution in [1.29, 1.82) is 0 Å². The van der Waals surface area contributed by atoms with E-state index in [9.17, 15) is 39.5 Å². The van der Waals surface area contributed by atoms with E-state index < -0.39 is 68.7 Å². The maximum atomic E-state index is 14.3. The van der Waals surface area contributed by atoms with Crippen LogP contribution >= 0.6 is 0 Å². The van der Waals surface area contributed by atoms with Crippen LogP contribution in [0.1, 0.15) is 17.2 Å². The van der Waals surface area contributed by atoms with Crippen molar-refractivity contribution in [2.45, 2.75) is 18.5 Å². The first-order valence-electron chi connectivity index (χ1n) is 9.64. The van der Waals surface area contributed by atoms with Crippen molar-refractivity contribution in [2.24, 2.45) is 0 Å². The fraction of sp³-hybridized carbons (Fsp3) is 0.143. The number of rotatable bonds is 0. The van der Waals surface area contributed by atoms with Crippen molar-refractivity contribution >= 4 is 49.3 Å². The van der Waals surface area contributed by atoms with Crippen LogP contribution in [0.2, 0.25) is 0 Å². The van der Waals surface area contributed by atoms with Gasteiger partial charge in [0.2, 0.25) is 11.6 Å². The maximum absolute atomic E-state index is 14.3. The second-order valence-corrected chi connectivity index (χ2v) is 7.69. The first-order valence-corrected chi connectivity index (χ1v) is 9.64. The van der Waals surface area contributed by atoms with Crippen molar-refractivity contribution in [3.63, 3.8) is 0 Å². The molecule has 0 unspecified atom stereocenters. The van der Waals surface area contributed by atoms with Crippen LogP contribution in [0.3, 0.4) is 0 Å². The Kier molecular flexibility index (Phi) is 3.92. The summed E-state index contributed by atoms with van der Waals surface area (Å²) in [5.74, 6) is -3.30. The standard InChI is InChI=1S/C21H6F9N5/c22-19(23,24)13-9-3-1-2-6-35(9)16-12(13)14-10-7(31-17(33-14)20(25,26)27)4-5-8-11(10)15(16)34-18(32-8)21(28,29)30/h1-6H. The molecule has 5 nitrogen and oxygen atoms in total. The van der Waals surface area contributed by atoms with Crippen LogP contribution in [-0.2, 0) is 18.5 Å². The zero-order valence-electron chi connectivity index (χ0n) is 16.6. The summed E-state index contributed by atoms with van der Waals surface area (Å²) in [5.41, 5.74) is -4.28. The number of hydrogen-bond donors (Lipinski definition) is 0. The third-order valence-electron chi connectivity index (χ3n) is 5.62. The van der Waals surface area contributed by atoms with E-state index in [0.29, 0.717) is 0 Å². The molecule has 0 atom stereocenters. The summed E-state index contributed by atoms with van der Waals surface area (Å²) < 4.78 is 125. The minimum Gasteiger partial charge on any atom is -0.314 e. The smallest absolute Gasteiger partial charge is 0.314 e. The van der Waals surface area contributed by atoms with Gasteiger partial charge in [-0.3, -0.25) is 0 Å². The minimum atomic E-state index is -5.10. The van der Waals surface area contributed by atoms with Crippen LogP contribution in [0.15, 0.2) is 36.5 Å². The van der Waals surface area contributed by atoms with E-state index in [4.69, 9.17) is 0 Å². The Balaban J connectivity index is 2.03. The average molecular weight is 499 g/mol. The Hall–Kier alpha value is -3.97. The van der Waals surface area contributed by atoms with Crippen molar-refractivity contribution in [3.05, 3.63) is 53.7 Å². The Morgan fingerprint density at radius 1 is 0.571 bits per heavy atom. The minimum absolute atomic E-state index is 0.177. The van der Waals surface area contributed by atoms with Crippen molar-refractivity contribution in [3.8, 4) is 0 Å². The molecule has 0 amide bonds. The monoisotopic (exact) mass is 499 g/mol. The molecule has 0 bridgehead atoms. The highest BCUT2D eigenvalue weighted by Crippen LogP contribution is 2.47. The van der Waals surface area contributed by atoms with Gasteiger partial charge >= 0.3 is 18.5 Å². The van der Waals surface area contributed by atoms with Gasteiger partial charge in [0, 0.05) is 22.4 Å². The van der Waals surface area contributed by atoms with Gasteiger partial charge in [0.25, 0.3) is 0 Å². The van der Waals surface area contributed by atoms with E-state index in [1.807, 2.05) is 0 Å². The summed E-state index contributed by atoms with van der Waals surface area (Å²) in [4.78, 5) is 13.9. The first-order chi connectivity index (χ1) is 16.3. The summed E-state index contributed by atoms with van der Waals surface area (Å²) in [6.45, 7) is 0. The van der Waals surface area contributed by atoms with Gasteiger partial charge in [0.1, 0.15) is 5.52 Å². The van der Waals surface area contributed by atoms with Crippen molar-refractivity contribution in [1.82, 2.24) is 24.3 Å². The van der Waals surface area contributed by atoms with Crippen LogP contribution in [0.5, 0.6) is 0 Å². The van der Waals surface area contributed by atoms with Crippen LogP contribution in [0.4, 0.5) is 39.5 Å². The molecule has 0 aliphatic heterocycles. The van der Waals surface area contributed by atoms with Crippen LogP contribution in [0, 0.1) is 0 Å². The average Bonchev–Trinajstić information content (AvgIpc) is 3.12. The Morgan fingerprint density at radius 3 is 1.66 bits per heavy atom. The summed E-state index contributed by atoms with van der Waals surface area (Å²) in [5, 5.41) is -1.29. The fourth-order valence-electron chi connectivity index (χ4n) is 4.41. The molecule has 0 spiro atoms. The molecule has 6 aromatic rings. The molecule has 0 radical (unpaired) electrons.